The Kier molecular flexibility index (Phi) is 10.6. The van der Waals surface area contributed by atoms with Gasteiger partial charge in [-0.25, -0.2) is 9.59 Å². The fourth-order valence-electron chi connectivity index (χ4n) is 2.96. The summed E-state index contributed by atoms with van der Waals surface area (Å²) in [7, 11) is 0. The summed E-state index contributed by atoms with van der Waals surface area (Å²) in [5, 5.41) is 11.8. The summed E-state index contributed by atoms with van der Waals surface area (Å²) in [6, 6.07) is 18.4. The van der Waals surface area contributed by atoms with E-state index in [1.807, 2.05) is 67.6 Å². The number of benzene rings is 2. The van der Waals surface area contributed by atoms with Gasteiger partial charge in [-0.3, -0.25) is 4.79 Å². The second-order valence-electron chi connectivity index (χ2n) is 7.27. The molecule has 0 aliphatic rings. The molecule has 0 radical (unpaired) electrons. The lowest BCUT2D eigenvalue weighted by molar-refractivity contribution is -0.137. The number of carboxylic acids is 1. The highest BCUT2D eigenvalue weighted by Crippen LogP contribution is 2.08. The number of carbonyl (C=O) groups excluding carboxylic acids is 2. The van der Waals surface area contributed by atoms with Crippen LogP contribution in [0.3, 0.4) is 0 Å². The number of hydrogen-bond acceptors (Lipinski definition) is 5. The second-order valence-corrected chi connectivity index (χ2v) is 7.27. The van der Waals surface area contributed by atoms with Gasteiger partial charge in [0.2, 0.25) is 0 Å². The van der Waals surface area contributed by atoms with Crippen LogP contribution in [0.1, 0.15) is 37.3 Å². The maximum Gasteiger partial charge on any atom is 0.410 e. The number of alkyl carbamates (subject to hydrolysis) is 1. The summed E-state index contributed by atoms with van der Waals surface area (Å²) >= 11 is 0. The first-order chi connectivity index (χ1) is 15.5. The van der Waals surface area contributed by atoms with E-state index in [-0.39, 0.29) is 38.8 Å². The Hall–Kier alpha value is -3.55. The number of amides is 2. The number of ether oxygens (including phenoxy) is 2. The molecule has 0 bridgehead atoms. The van der Waals surface area contributed by atoms with Crippen LogP contribution in [0.2, 0.25) is 0 Å². The van der Waals surface area contributed by atoms with E-state index in [9.17, 15) is 14.4 Å². The number of hydrogen-bond donors (Lipinski definition) is 2. The molecule has 1 unspecified atom stereocenters. The summed E-state index contributed by atoms with van der Waals surface area (Å²) in [6.45, 7) is 2.46. The van der Waals surface area contributed by atoms with Crippen LogP contribution in [-0.2, 0) is 27.5 Å². The molecule has 0 aromatic heterocycles. The van der Waals surface area contributed by atoms with Crippen LogP contribution in [-0.4, -0.2) is 47.3 Å². The fraction of sp³-hybridized carbons (Fsp3) is 0.375. The van der Waals surface area contributed by atoms with Crippen molar-refractivity contribution in [2.24, 2.45) is 0 Å². The van der Waals surface area contributed by atoms with Crippen molar-refractivity contribution in [1.29, 1.82) is 0 Å². The molecule has 8 heteroatoms. The zero-order chi connectivity index (χ0) is 23.2. The van der Waals surface area contributed by atoms with Gasteiger partial charge in [0.05, 0.1) is 6.42 Å². The molecule has 0 spiro atoms. The summed E-state index contributed by atoms with van der Waals surface area (Å²) in [5.41, 5.74) is 1.73. The largest absolute Gasteiger partial charge is 0.481 e. The lowest BCUT2D eigenvalue weighted by Gasteiger charge is -2.24. The highest BCUT2D eigenvalue weighted by Gasteiger charge is 2.19. The monoisotopic (exact) mass is 442 g/mol. The first-order valence-corrected chi connectivity index (χ1v) is 10.6. The van der Waals surface area contributed by atoms with Gasteiger partial charge >= 0.3 is 18.2 Å². The molecule has 2 rings (SSSR count). The van der Waals surface area contributed by atoms with Crippen molar-refractivity contribution < 1.29 is 29.0 Å². The molecule has 2 N–H and O–H groups in total. The third-order valence-electron chi connectivity index (χ3n) is 4.83. The molecule has 2 aromatic rings. The number of nitrogens with one attached hydrogen (secondary N) is 1. The fourth-order valence-corrected chi connectivity index (χ4v) is 2.96. The van der Waals surface area contributed by atoms with Crippen molar-refractivity contribution >= 4 is 18.2 Å². The number of carboxylic acid groups (broad SMARTS) is 1. The van der Waals surface area contributed by atoms with E-state index in [0.29, 0.717) is 12.8 Å². The van der Waals surface area contributed by atoms with Gasteiger partial charge in [-0.2, -0.15) is 0 Å². The van der Waals surface area contributed by atoms with Gasteiger partial charge in [-0.15, -0.1) is 0 Å². The zero-order valence-electron chi connectivity index (χ0n) is 18.2. The third kappa shape index (κ3) is 9.51. The highest BCUT2D eigenvalue weighted by atomic mass is 16.6. The van der Waals surface area contributed by atoms with E-state index in [1.54, 1.807) is 0 Å². The number of nitrogens with zero attached hydrogens (tertiary/aromatic N) is 1. The Labute approximate surface area is 188 Å². The Balaban J connectivity index is 1.84. The topological polar surface area (TPSA) is 105 Å². The van der Waals surface area contributed by atoms with Crippen molar-refractivity contribution in [2.45, 2.75) is 45.4 Å². The van der Waals surface area contributed by atoms with E-state index < -0.39 is 18.2 Å². The zero-order valence-corrected chi connectivity index (χ0v) is 18.2. The lowest BCUT2D eigenvalue weighted by atomic mass is 10.1. The average molecular weight is 443 g/mol. The number of aliphatic carboxylic acids is 1. The molecule has 0 saturated heterocycles. The standard InChI is InChI=1S/C24H30N2O6/c1-2-21(25-23(29)31-17-19-9-5-3-6-10-19)13-15-26(16-14-22(27)28)24(30)32-18-20-11-7-4-8-12-20/h3-12,21H,2,13-18H2,1H3,(H,25,29)(H,27,28). The Bertz CT molecular complexity index is 844. The number of rotatable bonds is 12. The van der Waals surface area contributed by atoms with E-state index in [0.717, 1.165) is 11.1 Å². The smallest absolute Gasteiger partial charge is 0.410 e. The molecule has 32 heavy (non-hydrogen) atoms. The Morgan fingerprint density at radius 1 is 0.906 bits per heavy atom. The van der Waals surface area contributed by atoms with Gasteiger partial charge in [0.15, 0.2) is 0 Å². The molecule has 0 aliphatic carbocycles. The second kappa shape index (κ2) is 13.7. The molecule has 2 amide bonds. The summed E-state index contributed by atoms with van der Waals surface area (Å²) in [4.78, 5) is 37.0. The molecule has 0 heterocycles. The first kappa shape index (κ1) is 24.7. The molecule has 2 aromatic carbocycles. The van der Waals surface area contributed by atoms with Gasteiger partial charge < -0.3 is 24.8 Å². The van der Waals surface area contributed by atoms with E-state index in [2.05, 4.69) is 5.32 Å². The van der Waals surface area contributed by atoms with Crippen LogP contribution in [0.4, 0.5) is 9.59 Å². The van der Waals surface area contributed by atoms with E-state index in [4.69, 9.17) is 14.6 Å². The minimum Gasteiger partial charge on any atom is -0.481 e. The average Bonchev–Trinajstić information content (AvgIpc) is 2.81. The van der Waals surface area contributed by atoms with Crippen molar-refractivity contribution in [3.63, 3.8) is 0 Å². The predicted octanol–water partition coefficient (Wildman–Crippen LogP) is 4.20. The van der Waals surface area contributed by atoms with E-state index in [1.165, 1.54) is 4.90 Å². The predicted molar refractivity (Wildman–Crippen MR) is 119 cm³/mol. The van der Waals surface area contributed by atoms with Crippen LogP contribution >= 0.6 is 0 Å². The van der Waals surface area contributed by atoms with Gasteiger partial charge in [-0.1, -0.05) is 67.6 Å². The summed E-state index contributed by atoms with van der Waals surface area (Å²) in [5.74, 6) is -1.000. The normalized spacial score (nSPS) is 11.3. The molecule has 1 atom stereocenters. The Morgan fingerprint density at radius 3 is 2.00 bits per heavy atom. The van der Waals surface area contributed by atoms with Gasteiger partial charge in [-0.05, 0) is 24.0 Å². The quantitative estimate of drug-likeness (QED) is 0.511. The van der Waals surface area contributed by atoms with Gasteiger partial charge in [0.25, 0.3) is 0 Å². The van der Waals surface area contributed by atoms with Gasteiger partial charge in [0, 0.05) is 19.1 Å². The molecule has 0 aliphatic heterocycles. The minimum absolute atomic E-state index is 0.0256. The van der Waals surface area contributed by atoms with Crippen LogP contribution in [0.5, 0.6) is 0 Å². The molecule has 0 saturated carbocycles. The highest BCUT2D eigenvalue weighted by molar-refractivity contribution is 5.70. The molecular formula is C24H30N2O6. The maximum atomic E-state index is 12.5. The lowest BCUT2D eigenvalue weighted by Crippen LogP contribution is -2.40. The maximum absolute atomic E-state index is 12.5. The van der Waals surface area contributed by atoms with Gasteiger partial charge in [0.1, 0.15) is 13.2 Å². The molecule has 0 fully saturated rings. The van der Waals surface area contributed by atoms with Crippen LogP contribution in [0.15, 0.2) is 60.7 Å². The van der Waals surface area contributed by atoms with Crippen molar-refractivity contribution in [3.8, 4) is 0 Å². The van der Waals surface area contributed by atoms with Crippen molar-refractivity contribution in [3.05, 3.63) is 71.8 Å². The SMILES string of the molecule is CCC(CCN(CCC(=O)O)C(=O)OCc1ccccc1)NC(=O)OCc1ccccc1. The summed E-state index contributed by atoms with van der Waals surface area (Å²) < 4.78 is 10.6. The third-order valence-corrected chi connectivity index (χ3v) is 4.83. The Morgan fingerprint density at radius 2 is 1.47 bits per heavy atom. The van der Waals surface area contributed by atoms with Crippen LogP contribution in [0, 0.1) is 0 Å². The van der Waals surface area contributed by atoms with Crippen LogP contribution < -0.4 is 5.32 Å². The number of carbonyl (C=O) groups is 3. The molecule has 8 nitrogen and oxygen atoms in total. The first-order valence-electron chi connectivity index (χ1n) is 10.6. The summed E-state index contributed by atoms with van der Waals surface area (Å²) in [6.07, 6.45) is -0.242. The minimum atomic E-state index is -1.000. The van der Waals surface area contributed by atoms with Crippen molar-refractivity contribution in [2.75, 3.05) is 13.1 Å². The van der Waals surface area contributed by atoms with Crippen molar-refractivity contribution in [1.82, 2.24) is 10.2 Å². The molecule has 172 valence electrons. The van der Waals surface area contributed by atoms with Crippen LogP contribution in [0.25, 0.3) is 0 Å². The molecular weight excluding hydrogens is 412 g/mol. The van der Waals surface area contributed by atoms with E-state index >= 15 is 0 Å².